The molecule has 4 heteroatoms. The van der Waals surface area contributed by atoms with Crippen LogP contribution in [-0.2, 0) is 4.74 Å². The van der Waals surface area contributed by atoms with Crippen LogP contribution >= 0.6 is 0 Å². The maximum Gasteiger partial charge on any atom is 0.257 e. The first kappa shape index (κ1) is 12.2. The standard InChI is InChI=1S/C15H18N2O2/c1-10-8-12(6-7-19-10)16-14-9-11-4-2-3-5-13(11)15(18)17-14/h2-5,9-10,12H,6-8H2,1H3,(H2,16,17,18). The van der Waals surface area contributed by atoms with Gasteiger partial charge in [0, 0.05) is 18.0 Å². The zero-order valence-electron chi connectivity index (χ0n) is 11.0. The third kappa shape index (κ3) is 2.63. The van der Waals surface area contributed by atoms with Crippen LogP contribution in [0, 0.1) is 0 Å². The van der Waals surface area contributed by atoms with Crippen molar-refractivity contribution in [3.05, 3.63) is 40.7 Å². The number of benzene rings is 1. The number of hydrogen-bond donors (Lipinski definition) is 2. The molecule has 2 unspecified atom stereocenters. The highest BCUT2D eigenvalue weighted by atomic mass is 16.5. The zero-order valence-corrected chi connectivity index (χ0v) is 11.0. The number of hydrogen-bond acceptors (Lipinski definition) is 3. The van der Waals surface area contributed by atoms with Gasteiger partial charge in [0.05, 0.1) is 6.10 Å². The van der Waals surface area contributed by atoms with Crippen molar-refractivity contribution in [2.24, 2.45) is 0 Å². The van der Waals surface area contributed by atoms with Crippen LogP contribution in [0.25, 0.3) is 10.8 Å². The van der Waals surface area contributed by atoms with Crippen LogP contribution in [0.2, 0.25) is 0 Å². The molecule has 2 N–H and O–H groups in total. The first-order valence-electron chi connectivity index (χ1n) is 6.72. The molecule has 0 aliphatic carbocycles. The Morgan fingerprint density at radius 2 is 2.21 bits per heavy atom. The lowest BCUT2D eigenvalue weighted by Gasteiger charge is -2.28. The molecule has 2 atom stereocenters. The number of pyridine rings is 1. The van der Waals surface area contributed by atoms with Crippen molar-refractivity contribution in [3.63, 3.8) is 0 Å². The first-order valence-corrected chi connectivity index (χ1v) is 6.72. The van der Waals surface area contributed by atoms with Gasteiger partial charge in [-0.2, -0.15) is 0 Å². The highest BCUT2D eigenvalue weighted by molar-refractivity contribution is 5.83. The summed E-state index contributed by atoms with van der Waals surface area (Å²) >= 11 is 0. The van der Waals surface area contributed by atoms with Crippen molar-refractivity contribution in [3.8, 4) is 0 Å². The van der Waals surface area contributed by atoms with E-state index in [1.54, 1.807) is 0 Å². The molecule has 2 aromatic rings. The van der Waals surface area contributed by atoms with Crippen LogP contribution in [0.1, 0.15) is 19.8 Å². The van der Waals surface area contributed by atoms with Crippen molar-refractivity contribution in [2.75, 3.05) is 11.9 Å². The first-order chi connectivity index (χ1) is 9.22. The van der Waals surface area contributed by atoms with E-state index in [0.29, 0.717) is 6.04 Å². The molecular formula is C15H18N2O2. The van der Waals surface area contributed by atoms with Gasteiger partial charge in [0.2, 0.25) is 0 Å². The van der Waals surface area contributed by atoms with Gasteiger partial charge < -0.3 is 15.0 Å². The average molecular weight is 258 g/mol. The molecule has 1 aromatic heterocycles. The molecule has 4 nitrogen and oxygen atoms in total. The Hall–Kier alpha value is -1.81. The fourth-order valence-corrected chi connectivity index (χ4v) is 2.64. The van der Waals surface area contributed by atoms with E-state index in [4.69, 9.17) is 4.74 Å². The molecule has 2 heterocycles. The summed E-state index contributed by atoms with van der Waals surface area (Å²) in [5.74, 6) is 0.794. The van der Waals surface area contributed by atoms with Gasteiger partial charge in [-0.15, -0.1) is 0 Å². The number of ether oxygens (including phenoxy) is 1. The van der Waals surface area contributed by atoms with E-state index in [1.807, 2.05) is 30.3 Å². The van der Waals surface area contributed by atoms with Gasteiger partial charge in [0.1, 0.15) is 5.82 Å². The van der Waals surface area contributed by atoms with E-state index in [0.717, 1.165) is 36.0 Å². The van der Waals surface area contributed by atoms with Crippen LogP contribution < -0.4 is 10.9 Å². The van der Waals surface area contributed by atoms with Crippen molar-refractivity contribution < 1.29 is 4.74 Å². The summed E-state index contributed by atoms with van der Waals surface area (Å²) in [6, 6.07) is 9.99. The van der Waals surface area contributed by atoms with E-state index in [9.17, 15) is 4.79 Å². The lowest BCUT2D eigenvalue weighted by Crippen LogP contribution is -2.33. The number of anilines is 1. The molecule has 1 fully saturated rings. The van der Waals surface area contributed by atoms with Crippen molar-refractivity contribution in [2.45, 2.75) is 31.9 Å². The quantitative estimate of drug-likeness (QED) is 0.870. The zero-order chi connectivity index (χ0) is 13.2. The largest absolute Gasteiger partial charge is 0.378 e. The second kappa shape index (κ2) is 5.05. The summed E-state index contributed by atoms with van der Waals surface area (Å²) in [5, 5.41) is 5.11. The normalized spacial score (nSPS) is 23.4. The number of H-pyrrole nitrogens is 1. The minimum Gasteiger partial charge on any atom is -0.378 e. The van der Waals surface area contributed by atoms with Crippen LogP contribution in [0.15, 0.2) is 35.1 Å². The van der Waals surface area contributed by atoms with E-state index >= 15 is 0 Å². The molecule has 3 rings (SSSR count). The molecule has 100 valence electrons. The number of aromatic nitrogens is 1. The van der Waals surface area contributed by atoms with Gasteiger partial charge in [-0.05, 0) is 37.3 Å². The molecular weight excluding hydrogens is 240 g/mol. The Balaban J connectivity index is 1.87. The Kier molecular flexibility index (Phi) is 3.25. The second-order valence-corrected chi connectivity index (χ2v) is 5.15. The Labute approximate surface area is 111 Å². The van der Waals surface area contributed by atoms with Crippen molar-refractivity contribution >= 4 is 16.6 Å². The van der Waals surface area contributed by atoms with Gasteiger partial charge in [0.25, 0.3) is 5.56 Å². The molecule has 1 aliphatic rings. The number of fused-ring (bicyclic) bond motifs is 1. The van der Waals surface area contributed by atoms with Gasteiger partial charge in [0.15, 0.2) is 0 Å². The molecule has 1 aliphatic heterocycles. The minimum atomic E-state index is -0.0410. The van der Waals surface area contributed by atoms with Crippen molar-refractivity contribution in [1.82, 2.24) is 4.98 Å². The number of nitrogens with one attached hydrogen (secondary N) is 2. The lowest BCUT2D eigenvalue weighted by atomic mass is 10.0. The monoisotopic (exact) mass is 258 g/mol. The predicted octanol–water partition coefficient (Wildman–Crippen LogP) is 2.51. The summed E-state index contributed by atoms with van der Waals surface area (Å²) in [5.41, 5.74) is -0.0410. The minimum absolute atomic E-state index is 0.0410. The van der Waals surface area contributed by atoms with E-state index in [-0.39, 0.29) is 11.7 Å². The predicted molar refractivity (Wildman–Crippen MR) is 76.6 cm³/mol. The third-order valence-electron chi connectivity index (χ3n) is 3.60. The van der Waals surface area contributed by atoms with Gasteiger partial charge in [-0.3, -0.25) is 4.79 Å². The summed E-state index contributed by atoms with van der Waals surface area (Å²) < 4.78 is 5.53. The second-order valence-electron chi connectivity index (χ2n) is 5.15. The molecule has 0 spiro atoms. The molecule has 19 heavy (non-hydrogen) atoms. The van der Waals surface area contributed by atoms with E-state index in [2.05, 4.69) is 17.2 Å². The smallest absolute Gasteiger partial charge is 0.257 e. The van der Waals surface area contributed by atoms with Crippen LogP contribution in [0.3, 0.4) is 0 Å². The highest BCUT2D eigenvalue weighted by Gasteiger charge is 2.19. The summed E-state index contributed by atoms with van der Waals surface area (Å²) in [6.45, 7) is 2.85. The van der Waals surface area contributed by atoms with Gasteiger partial charge in [-0.1, -0.05) is 18.2 Å². The topological polar surface area (TPSA) is 54.1 Å². The van der Waals surface area contributed by atoms with E-state index < -0.39 is 0 Å². The summed E-state index contributed by atoms with van der Waals surface area (Å²) in [6.07, 6.45) is 2.21. The average Bonchev–Trinajstić information content (AvgIpc) is 2.39. The number of rotatable bonds is 2. The molecule has 0 bridgehead atoms. The Morgan fingerprint density at radius 3 is 3.05 bits per heavy atom. The summed E-state index contributed by atoms with van der Waals surface area (Å²) in [4.78, 5) is 14.9. The maximum atomic E-state index is 12.0. The highest BCUT2D eigenvalue weighted by Crippen LogP contribution is 2.19. The van der Waals surface area contributed by atoms with Crippen LogP contribution in [-0.4, -0.2) is 23.7 Å². The van der Waals surface area contributed by atoms with Gasteiger partial charge >= 0.3 is 0 Å². The fraction of sp³-hybridized carbons (Fsp3) is 0.400. The third-order valence-corrected chi connectivity index (χ3v) is 3.60. The van der Waals surface area contributed by atoms with Gasteiger partial charge in [-0.25, -0.2) is 0 Å². The van der Waals surface area contributed by atoms with Crippen LogP contribution in [0.4, 0.5) is 5.82 Å². The molecule has 1 aromatic carbocycles. The number of aromatic amines is 1. The maximum absolute atomic E-state index is 12.0. The molecule has 0 radical (unpaired) electrons. The summed E-state index contributed by atoms with van der Waals surface area (Å²) in [7, 11) is 0. The molecule has 0 amide bonds. The van der Waals surface area contributed by atoms with Crippen LogP contribution in [0.5, 0.6) is 0 Å². The lowest BCUT2D eigenvalue weighted by molar-refractivity contribution is 0.0232. The Bertz CT molecular complexity index is 635. The van der Waals surface area contributed by atoms with Crippen molar-refractivity contribution in [1.29, 1.82) is 0 Å². The molecule has 0 saturated carbocycles. The SMILES string of the molecule is CC1CC(Nc2cc3ccccc3c(=O)[nH]2)CCO1. The van der Waals surface area contributed by atoms with E-state index in [1.165, 1.54) is 0 Å². The molecule has 1 saturated heterocycles. The fourth-order valence-electron chi connectivity index (χ4n) is 2.64. The Morgan fingerprint density at radius 1 is 1.37 bits per heavy atom.